The highest BCUT2D eigenvalue weighted by atomic mass is 32.1. The summed E-state index contributed by atoms with van der Waals surface area (Å²) in [5, 5.41) is 5.21. The van der Waals surface area contributed by atoms with E-state index in [2.05, 4.69) is 10.3 Å². The molecule has 0 bridgehead atoms. The third kappa shape index (κ3) is 2.48. The van der Waals surface area contributed by atoms with E-state index in [0.29, 0.717) is 11.0 Å². The van der Waals surface area contributed by atoms with Gasteiger partial charge in [-0.2, -0.15) is 0 Å². The molecule has 0 spiro atoms. The minimum absolute atomic E-state index is 0.00379. The number of nitrogens with zero attached hydrogens (tertiary/aromatic N) is 2. The highest BCUT2D eigenvalue weighted by Crippen LogP contribution is 2.16. The quantitative estimate of drug-likeness (QED) is 0.623. The van der Waals surface area contributed by atoms with E-state index < -0.39 is 5.91 Å². The summed E-state index contributed by atoms with van der Waals surface area (Å²) in [7, 11) is 0. The maximum Gasteiger partial charge on any atom is 0.287 e. The Bertz CT molecular complexity index is 1120. The van der Waals surface area contributed by atoms with Crippen molar-refractivity contribution in [2.24, 2.45) is 0 Å². The second-order valence-electron chi connectivity index (χ2n) is 5.42. The number of carbonyl (C=O) groups excluding carboxylic acids is 1. The van der Waals surface area contributed by atoms with Gasteiger partial charge in [-0.15, -0.1) is 11.3 Å². The lowest BCUT2D eigenvalue weighted by molar-refractivity contribution is 0.0923. The molecule has 1 N–H and O–H groups in total. The Morgan fingerprint density at radius 1 is 1.38 bits per heavy atom. The van der Waals surface area contributed by atoms with Crippen molar-refractivity contribution < 1.29 is 9.21 Å². The summed E-state index contributed by atoms with van der Waals surface area (Å²) in [5.74, 6) is -0.443. The zero-order valence-corrected chi connectivity index (χ0v) is 13.6. The van der Waals surface area contributed by atoms with E-state index >= 15 is 0 Å². The third-order valence-electron chi connectivity index (χ3n) is 3.73. The first kappa shape index (κ1) is 14.6. The predicted octanol–water partition coefficient (Wildman–Crippen LogP) is 2.74. The molecule has 0 saturated carbocycles. The van der Waals surface area contributed by atoms with E-state index in [-0.39, 0.29) is 17.7 Å². The number of aromatic nitrogens is 2. The molecule has 0 aliphatic rings. The molecule has 4 rings (SSSR count). The summed E-state index contributed by atoms with van der Waals surface area (Å²) in [6, 6.07) is 8.06. The lowest BCUT2D eigenvalue weighted by Gasteiger charge is -2.03. The van der Waals surface area contributed by atoms with Crippen LogP contribution in [0.3, 0.4) is 0 Å². The standard InChI is InChI=1S/C17H13N3O3S/c1-10-9-24-17-19-11(8-20(10)17)7-18-16(22)15-6-13(21)12-4-2-3-5-14(12)23-15/h2-6,8-9H,7H2,1H3,(H,18,22). The largest absolute Gasteiger partial charge is 0.451 e. The molecule has 6 nitrogen and oxygen atoms in total. The fourth-order valence-corrected chi connectivity index (χ4v) is 3.37. The van der Waals surface area contributed by atoms with Crippen LogP contribution in [-0.4, -0.2) is 15.3 Å². The molecule has 4 aromatic rings. The molecule has 0 aliphatic carbocycles. The van der Waals surface area contributed by atoms with Gasteiger partial charge < -0.3 is 9.73 Å². The number of rotatable bonds is 3. The monoisotopic (exact) mass is 339 g/mol. The first-order valence-electron chi connectivity index (χ1n) is 7.35. The molecule has 0 aliphatic heterocycles. The summed E-state index contributed by atoms with van der Waals surface area (Å²) in [4.78, 5) is 29.6. The summed E-state index contributed by atoms with van der Waals surface area (Å²) in [6.07, 6.45) is 1.89. The molecule has 24 heavy (non-hydrogen) atoms. The third-order valence-corrected chi connectivity index (χ3v) is 4.68. The fourth-order valence-electron chi connectivity index (χ4n) is 2.50. The molecule has 3 heterocycles. The van der Waals surface area contributed by atoms with Crippen LogP contribution < -0.4 is 10.7 Å². The minimum atomic E-state index is -0.439. The normalized spacial score (nSPS) is 11.2. The number of imidazole rings is 1. The Labute approximate surface area is 140 Å². The summed E-state index contributed by atoms with van der Waals surface area (Å²) >= 11 is 1.55. The highest BCUT2D eigenvalue weighted by molar-refractivity contribution is 7.15. The summed E-state index contributed by atoms with van der Waals surface area (Å²) in [5.41, 5.74) is 2.01. The first-order valence-corrected chi connectivity index (χ1v) is 8.23. The number of hydrogen-bond donors (Lipinski definition) is 1. The molecule has 0 saturated heterocycles. The van der Waals surface area contributed by atoms with Crippen molar-refractivity contribution in [2.45, 2.75) is 13.5 Å². The lowest BCUT2D eigenvalue weighted by atomic mass is 10.2. The Balaban J connectivity index is 1.56. The van der Waals surface area contributed by atoms with E-state index in [1.807, 2.05) is 22.9 Å². The molecule has 7 heteroatoms. The van der Waals surface area contributed by atoms with Crippen molar-refractivity contribution in [2.75, 3.05) is 0 Å². The van der Waals surface area contributed by atoms with Crippen molar-refractivity contribution in [1.29, 1.82) is 0 Å². The summed E-state index contributed by atoms with van der Waals surface area (Å²) in [6.45, 7) is 2.26. The number of nitrogens with one attached hydrogen (secondary N) is 1. The maximum atomic E-state index is 12.3. The average Bonchev–Trinajstić information content (AvgIpc) is 3.14. The van der Waals surface area contributed by atoms with Gasteiger partial charge in [0, 0.05) is 23.3 Å². The second kappa shape index (κ2) is 5.61. The van der Waals surface area contributed by atoms with Crippen molar-refractivity contribution in [3.8, 4) is 0 Å². The maximum absolute atomic E-state index is 12.3. The van der Waals surface area contributed by atoms with Crippen molar-refractivity contribution >= 4 is 33.2 Å². The van der Waals surface area contributed by atoms with Gasteiger partial charge in [-0.1, -0.05) is 12.1 Å². The minimum Gasteiger partial charge on any atom is -0.451 e. The predicted molar refractivity (Wildman–Crippen MR) is 91.5 cm³/mol. The van der Waals surface area contributed by atoms with Crippen LogP contribution >= 0.6 is 11.3 Å². The zero-order chi connectivity index (χ0) is 16.7. The van der Waals surface area contributed by atoms with Gasteiger partial charge >= 0.3 is 0 Å². The SMILES string of the molecule is Cc1csc2nc(CNC(=O)c3cc(=O)c4ccccc4o3)cn12. The number of benzene rings is 1. The van der Waals surface area contributed by atoms with Gasteiger partial charge in [0.2, 0.25) is 0 Å². The Hall–Kier alpha value is -2.93. The Morgan fingerprint density at radius 3 is 3.04 bits per heavy atom. The molecule has 1 aromatic carbocycles. The van der Waals surface area contributed by atoms with Gasteiger partial charge in [-0.3, -0.25) is 14.0 Å². The molecular weight excluding hydrogens is 326 g/mol. The van der Waals surface area contributed by atoms with E-state index in [0.717, 1.165) is 16.3 Å². The highest BCUT2D eigenvalue weighted by Gasteiger charge is 2.13. The van der Waals surface area contributed by atoms with Gasteiger partial charge in [-0.05, 0) is 19.1 Å². The number of thiazole rings is 1. The Morgan fingerprint density at radius 2 is 2.21 bits per heavy atom. The molecule has 0 fully saturated rings. The number of aryl methyl sites for hydroxylation is 1. The van der Waals surface area contributed by atoms with Crippen molar-refractivity contribution in [3.05, 3.63) is 69.3 Å². The van der Waals surface area contributed by atoms with Crippen molar-refractivity contribution in [3.63, 3.8) is 0 Å². The van der Waals surface area contributed by atoms with E-state index in [1.165, 1.54) is 6.07 Å². The molecule has 0 atom stereocenters. The zero-order valence-electron chi connectivity index (χ0n) is 12.8. The smallest absolute Gasteiger partial charge is 0.287 e. The molecule has 0 unspecified atom stereocenters. The van der Waals surface area contributed by atoms with Crippen LogP contribution in [0.15, 0.2) is 51.1 Å². The first-order chi connectivity index (χ1) is 11.6. The number of carbonyl (C=O) groups is 1. The molecule has 120 valence electrons. The number of para-hydroxylation sites is 1. The molecular formula is C17H13N3O3S. The molecule has 1 amide bonds. The van der Waals surface area contributed by atoms with E-state index in [9.17, 15) is 9.59 Å². The van der Waals surface area contributed by atoms with Crippen LogP contribution in [-0.2, 0) is 6.54 Å². The van der Waals surface area contributed by atoms with Crippen LogP contribution in [0, 0.1) is 6.92 Å². The van der Waals surface area contributed by atoms with Crippen LogP contribution in [0.5, 0.6) is 0 Å². The molecule has 0 radical (unpaired) electrons. The average molecular weight is 339 g/mol. The van der Waals surface area contributed by atoms with Crippen LogP contribution in [0.1, 0.15) is 21.9 Å². The number of fused-ring (bicyclic) bond motifs is 2. The number of amides is 1. The molecule has 3 aromatic heterocycles. The van der Waals surface area contributed by atoms with E-state index in [4.69, 9.17) is 4.42 Å². The van der Waals surface area contributed by atoms with Gasteiger partial charge in [0.05, 0.1) is 17.6 Å². The van der Waals surface area contributed by atoms with Gasteiger partial charge in [0.15, 0.2) is 16.1 Å². The topological polar surface area (TPSA) is 76.6 Å². The van der Waals surface area contributed by atoms with Crippen LogP contribution in [0.25, 0.3) is 15.9 Å². The van der Waals surface area contributed by atoms with Crippen LogP contribution in [0.4, 0.5) is 0 Å². The second-order valence-corrected chi connectivity index (χ2v) is 6.25. The fraction of sp³-hybridized carbons (Fsp3) is 0.118. The van der Waals surface area contributed by atoms with E-state index in [1.54, 1.807) is 35.6 Å². The summed E-state index contributed by atoms with van der Waals surface area (Å²) < 4.78 is 7.49. The van der Waals surface area contributed by atoms with Crippen LogP contribution in [0.2, 0.25) is 0 Å². The van der Waals surface area contributed by atoms with Crippen molar-refractivity contribution in [1.82, 2.24) is 14.7 Å². The lowest BCUT2D eigenvalue weighted by Crippen LogP contribution is -2.24. The van der Waals surface area contributed by atoms with Gasteiger partial charge in [-0.25, -0.2) is 4.98 Å². The Kier molecular flexibility index (Phi) is 3.42. The van der Waals surface area contributed by atoms with Gasteiger partial charge in [0.1, 0.15) is 5.58 Å². The van der Waals surface area contributed by atoms with Gasteiger partial charge in [0.25, 0.3) is 5.91 Å². The number of hydrogen-bond acceptors (Lipinski definition) is 5.